The monoisotopic (exact) mass is 401 g/mol. The topological polar surface area (TPSA) is 26.0 Å². The van der Waals surface area contributed by atoms with Crippen LogP contribution in [-0.2, 0) is 5.41 Å². The predicted octanol–water partition coefficient (Wildman–Crippen LogP) is 5.62. The molecule has 1 nitrogen and oxygen atoms in total. The first-order valence-corrected chi connectivity index (χ1v) is 8.49. The van der Waals surface area contributed by atoms with Gasteiger partial charge < -0.3 is 5.73 Å². The van der Waals surface area contributed by atoms with Crippen LogP contribution < -0.4 is 5.73 Å². The van der Waals surface area contributed by atoms with Crippen molar-refractivity contribution in [1.82, 2.24) is 0 Å². The fraction of sp³-hybridized carbons (Fsp3) is 0.333. The molecule has 2 N–H and O–H groups in total. The molecule has 1 aromatic carbocycles. The molecule has 0 radical (unpaired) electrons. The summed E-state index contributed by atoms with van der Waals surface area (Å²) in [6.45, 7) is 6.68. The summed E-state index contributed by atoms with van der Waals surface area (Å²) >= 11 is 8.82. The smallest absolute Gasteiger partial charge is 0.0646 e. The Morgan fingerprint density at radius 3 is 2.11 bits per heavy atom. The van der Waals surface area contributed by atoms with Crippen molar-refractivity contribution >= 4 is 43.2 Å². The van der Waals surface area contributed by atoms with E-state index in [0.29, 0.717) is 0 Å². The van der Waals surface area contributed by atoms with Crippen LogP contribution in [0.1, 0.15) is 42.1 Å². The zero-order valence-electron chi connectivity index (χ0n) is 11.2. The third kappa shape index (κ3) is 3.69. The number of halogens is 2. The Hall–Kier alpha value is -0.160. The van der Waals surface area contributed by atoms with E-state index in [4.69, 9.17) is 5.73 Å². The summed E-state index contributed by atoms with van der Waals surface area (Å²) in [6.07, 6.45) is 0. The van der Waals surface area contributed by atoms with Crippen molar-refractivity contribution in [3.63, 3.8) is 0 Å². The van der Waals surface area contributed by atoms with Crippen molar-refractivity contribution in [3.05, 3.63) is 54.6 Å². The molecule has 0 saturated carbocycles. The van der Waals surface area contributed by atoms with Crippen molar-refractivity contribution < 1.29 is 0 Å². The largest absolute Gasteiger partial charge is 0.320 e. The molecule has 0 aliphatic rings. The van der Waals surface area contributed by atoms with E-state index in [9.17, 15) is 0 Å². The number of nitrogens with two attached hydrogens (primary N) is 1. The van der Waals surface area contributed by atoms with E-state index in [2.05, 4.69) is 76.9 Å². The molecule has 0 spiro atoms. The van der Waals surface area contributed by atoms with Gasteiger partial charge in [0.15, 0.2) is 0 Å². The van der Waals surface area contributed by atoms with Gasteiger partial charge in [0.2, 0.25) is 0 Å². The maximum atomic E-state index is 6.38. The molecule has 102 valence electrons. The Balaban J connectivity index is 2.33. The van der Waals surface area contributed by atoms with Crippen LogP contribution in [0.3, 0.4) is 0 Å². The second-order valence-electron chi connectivity index (χ2n) is 5.63. The standard InChI is InChI=1S/C15H17Br2NS/c1-15(2,3)13-5-4-12(19-13)14(18)9-6-10(16)8-11(17)7-9/h4-8,14H,18H2,1-3H3. The van der Waals surface area contributed by atoms with E-state index in [1.54, 1.807) is 11.3 Å². The Kier molecular flexibility index (Phi) is 4.56. The van der Waals surface area contributed by atoms with E-state index < -0.39 is 0 Å². The average Bonchev–Trinajstić information content (AvgIpc) is 2.75. The van der Waals surface area contributed by atoms with Crippen molar-refractivity contribution in [2.75, 3.05) is 0 Å². The minimum atomic E-state index is -0.0742. The first-order chi connectivity index (χ1) is 8.77. The van der Waals surface area contributed by atoms with Crippen LogP contribution in [0.4, 0.5) is 0 Å². The number of benzene rings is 1. The summed E-state index contributed by atoms with van der Waals surface area (Å²) in [4.78, 5) is 2.57. The SMILES string of the molecule is CC(C)(C)c1ccc(C(N)c2cc(Br)cc(Br)c2)s1. The van der Waals surface area contributed by atoms with Gasteiger partial charge >= 0.3 is 0 Å². The molecule has 1 aromatic heterocycles. The molecule has 1 atom stereocenters. The summed E-state index contributed by atoms with van der Waals surface area (Å²) in [5.74, 6) is 0. The fourth-order valence-electron chi connectivity index (χ4n) is 1.84. The number of hydrogen-bond acceptors (Lipinski definition) is 2. The Bertz CT molecular complexity index is 564. The number of rotatable bonds is 2. The Labute approximate surface area is 135 Å². The van der Waals surface area contributed by atoms with Crippen molar-refractivity contribution in [1.29, 1.82) is 0 Å². The van der Waals surface area contributed by atoms with Crippen LogP contribution in [0.5, 0.6) is 0 Å². The Morgan fingerprint density at radius 1 is 1.05 bits per heavy atom. The van der Waals surface area contributed by atoms with Gasteiger partial charge in [0.1, 0.15) is 0 Å². The van der Waals surface area contributed by atoms with Crippen LogP contribution in [-0.4, -0.2) is 0 Å². The minimum absolute atomic E-state index is 0.0742. The number of thiophene rings is 1. The molecule has 0 aliphatic carbocycles. The lowest BCUT2D eigenvalue weighted by molar-refractivity contribution is 0.604. The van der Waals surface area contributed by atoms with Gasteiger partial charge in [0, 0.05) is 18.7 Å². The maximum Gasteiger partial charge on any atom is 0.0646 e. The van der Waals surface area contributed by atoms with Gasteiger partial charge in [-0.2, -0.15) is 0 Å². The molecular formula is C15H17Br2NS. The van der Waals surface area contributed by atoms with Crippen LogP contribution in [0.15, 0.2) is 39.3 Å². The highest BCUT2D eigenvalue weighted by Gasteiger charge is 2.19. The summed E-state index contributed by atoms with van der Waals surface area (Å²) in [5.41, 5.74) is 7.67. The van der Waals surface area contributed by atoms with Gasteiger partial charge in [-0.25, -0.2) is 0 Å². The van der Waals surface area contributed by atoms with Crippen LogP contribution in [0, 0.1) is 0 Å². The third-order valence-corrected chi connectivity index (χ3v) is 5.43. The van der Waals surface area contributed by atoms with E-state index in [1.165, 1.54) is 9.75 Å². The van der Waals surface area contributed by atoms with Crippen molar-refractivity contribution in [3.8, 4) is 0 Å². The second kappa shape index (κ2) is 5.68. The molecule has 4 heteroatoms. The van der Waals surface area contributed by atoms with Crippen LogP contribution in [0.2, 0.25) is 0 Å². The van der Waals surface area contributed by atoms with Crippen molar-refractivity contribution in [2.24, 2.45) is 5.73 Å². The van der Waals surface area contributed by atoms with Gasteiger partial charge in [0.25, 0.3) is 0 Å². The Morgan fingerprint density at radius 2 is 1.63 bits per heavy atom. The summed E-state index contributed by atoms with van der Waals surface area (Å²) in [7, 11) is 0. The number of hydrogen-bond donors (Lipinski definition) is 1. The first-order valence-electron chi connectivity index (χ1n) is 6.09. The normalized spacial score (nSPS) is 13.6. The van der Waals surface area contributed by atoms with Gasteiger partial charge in [-0.15, -0.1) is 11.3 Å². The van der Waals surface area contributed by atoms with E-state index in [0.717, 1.165) is 14.5 Å². The lowest BCUT2D eigenvalue weighted by Gasteiger charge is -2.16. The lowest BCUT2D eigenvalue weighted by atomic mass is 9.95. The average molecular weight is 403 g/mol. The summed E-state index contributed by atoms with van der Waals surface area (Å²) in [6, 6.07) is 10.4. The third-order valence-electron chi connectivity index (χ3n) is 2.92. The quantitative estimate of drug-likeness (QED) is 0.692. The molecule has 2 rings (SSSR count). The van der Waals surface area contributed by atoms with E-state index >= 15 is 0 Å². The molecule has 0 fully saturated rings. The maximum absolute atomic E-state index is 6.38. The molecule has 0 saturated heterocycles. The fourth-order valence-corrected chi connectivity index (χ4v) is 4.27. The molecule has 1 heterocycles. The highest BCUT2D eigenvalue weighted by molar-refractivity contribution is 9.11. The zero-order chi connectivity index (χ0) is 14.2. The second-order valence-corrected chi connectivity index (χ2v) is 8.58. The minimum Gasteiger partial charge on any atom is -0.320 e. The van der Waals surface area contributed by atoms with Crippen LogP contribution in [0.25, 0.3) is 0 Å². The molecule has 0 aliphatic heterocycles. The summed E-state index contributed by atoms with van der Waals surface area (Å²) < 4.78 is 2.08. The van der Waals surface area contributed by atoms with Crippen molar-refractivity contribution in [2.45, 2.75) is 32.2 Å². The van der Waals surface area contributed by atoms with Crippen LogP contribution >= 0.6 is 43.2 Å². The molecule has 0 bridgehead atoms. The lowest BCUT2D eigenvalue weighted by Crippen LogP contribution is -2.10. The van der Waals surface area contributed by atoms with Gasteiger partial charge in [-0.1, -0.05) is 52.6 Å². The highest BCUT2D eigenvalue weighted by Crippen LogP contribution is 2.34. The molecular weight excluding hydrogens is 386 g/mol. The highest BCUT2D eigenvalue weighted by atomic mass is 79.9. The van der Waals surface area contributed by atoms with E-state index in [1.807, 2.05) is 6.07 Å². The molecule has 1 unspecified atom stereocenters. The van der Waals surface area contributed by atoms with E-state index in [-0.39, 0.29) is 11.5 Å². The van der Waals surface area contributed by atoms with Gasteiger partial charge in [0.05, 0.1) is 6.04 Å². The zero-order valence-corrected chi connectivity index (χ0v) is 15.2. The molecule has 19 heavy (non-hydrogen) atoms. The first kappa shape index (κ1) is 15.2. The van der Waals surface area contributed by atoms with Gasteiger partial charge in [-0.3, -0.25) is 0 Å². The predicted molar refractivity (Wildman–Crippen MR) is 90.9 cm³/mol. The summed E-state index contributed by atoms with van der Waals surface area (Å²) in [5, 5.41) is 0. The molecule has 0 amide bonds. The van der Waals surface area contributed by atoms with Gasteiger partial charge in [-0.05, 0) is 41.3 Å². The molecule has 2 aromatic rings.